The Balaban J connectivity index is 1.33. The first-order valence-corrected chi connectivity index (χ1v) is 9.19. The first-order chi connectivity index (χ1) is 13.2. The van der Waals surface area contributed by atoms with Crippen molar-refractivity contribution in [1.29, 1.82) is 0 Å². The lowest BCUT2D eigenvalue weighted by atomic mass is 10.0. The summed E-state index contributed by atoms with van der Waals surface area (Å²) in [4.78, 5) is 42.2. The second kappa shape index (κ2) is 7.30. The third kappa shape index (κ3) is 3.60. The number of nitrogens with one attached hydrogen (secondary N) is 1. The van der Waals surface area contributed by atoms with Crippen LogP contribution < -0.4 is 10.2 Å². The lowest BCUT2D eigenvalue weighted by molar-refractivity contribution is -0.144. The van der Waals surface area contributed by atoms with Gasteiger partial charge in [-0.2, -0.15) is 0 Å². The van der Waals surface area contributed by atoms with Crippen LogP contribution in [0, 0.1) is 5.41 Å². The second-order valence-electron chi connectivity index (χ2n) is 6.91. The number of aromatic nitrogens is 3. The lowest BCUT2D eigenvalue weighted by Crippen LogP contribution is -2.53. The van der Waals surface area contributed by atoms with Crippen LogP contribution in [0.5, 0.6) is 0 Å². The molecule has 0 atom stereocenters. The molecule has 27 heavy (non-hydrogen) atoms. The summed E-state index contributed by atoms with van der Waals surface area (Å²) in [5, 5.41) is 2.88. The molecule has 1 saturated heterocycles. The van der Waals surface area contributed by atoms with Crippen LogP contribution in [0.1, 0.15) is 18.5 Å². The van der Waals surface area contributed by atoms with Crippen molar-refractivity contribution in [2.24, 2.45) is 5.41 Å². The largest absolute Gasteiger partial charge is 0.350 e. The van der Waals surface area contributed by atoms with Crippen LogP contribution in [0.3, 0.4) is 0 Å². The van der Waals surface area contributed by atoms with Crippen LogP contribution in [0.4, 0.5) is 5.95 Å². The van der Waals surface area contributed by atoms with E-state index >= 15 is 0 Å². The smallest absolute Gasteiger partial charge is 0.238 e. The van der Waals surface area contributed by atoms with Gasteiger partial charge in [0.1, 0.15) is 5.41 Å². The second-order valence-corrected chi connectivity index (χ2v) is 6.91. The minimum absolute atomic E-state index is 0.0605. The average Bonchev–Trinajstić information content (AvgIpc) is 3.55. The molecule has 0 bridgehead atoms. The first kappa shape index (κ1) is 17.4. The molecule has 140 valence electrons. The third-order valence-electron chi connectivity index (χ3n) is 5.15. The quantitative estimate of drug-likeness (QED) is 0.780. The van der Waals surface area contributed by atoms with E-state index in [0.29, 0.717) is 51.5 Å². The number of carbonyl (C=O) groups excluding carboxylic acids is 2. The highest BCUT2D eigenvalue weighted by atomic mass is 16.2. The van der Waals surface area contributed by atoms with Crippen LogP contribution in [0.15, 0.2) is 42.9 Å². The summed E-state index contributed by atoms with van der Waals surface area (Å²) >= 11 is 0. The van der Waals surface area contributed by atoms with Gasteiger partial charge in [0.25, 0.3) is 0 Å². The van der Waals surface area contributed by atoms with Crippen LogP contribution in [-0.4, -0.2) is 57.8 Å². The van der Waals surface area contributed by atoms with Crippen LogP contribution in [-0.2, 0) is 16.1 Å². The molecule has 2 fully saturated rings. The number of hydrogen-bond acceptors (Lipinski definition) is 6. The predicted molar refractivity (Wildman–Crippen MR) is 98.6 cm³/mol. The Bertz CT molecular complexity index is 801. The minimum atomic E-state index is -0.889. The van der Waals surface area contributed by atoms with E-state index in [9.17, 15) is 9.59 Å². The van der Waals surface area contributed by atoms with E-state index in [0.717, 1.165) is 5.69 Å². The molecule has 2 amide bonds. The summed E-state index contributed by atoms with van der Waals surface area (Å²) in [6.45, 7) is 2.83. The van der Waals surface area contributed by atoms with Gasteiger partial charge < -0.3 is 15.1 Å². The Morgan fingerprint density at radius 1 is 0.963 bits per heavy atom. The molecule has 2 aliphatic rings. The molecule has 2 aromatic rings. The lowest BCUT2D eigenvalue weighted by Gasteiger charge is -2.36. The van der Waals surface area contributed by atoms with Gasteiger partial charge in [-0.05, 0) is 31.0 Å². The fourth-order valence-electron chi connectivity index (χ4n) is 3.37. The van der Waals surface area contributed by atoms with Crippen molar-refractivity contribution in [3.63, 3.8) is 0 Å². The predicted octanol–water partition coefficient (Wildman–Crippen LogP) is 0.617. The molecule has 2 aromatic heterocycles. The van der Waals surface area contributed by atoms with E-state index in [1.54, 1.807) is 29.6 Å². The molecule has 1 aliphatic carbocycles. The summed E-state index contributed by atoms with van der Waals surface area (Å²) in [5.41, 5.74) is -0.106. The highest BCUT2D eigenvalue weighted by molar-refractivity contribution is 6.07. The zero-order chi connectivity index (χ0) is 18.7. The summed E-state index contributed by atoms with van der Waals surface area (Å²) in [6.07, 6.45) is 6.34. The van der Waals surface area contributed by atoms with Crippen LogP contribution in [0.25, 0.3) is 0 Å². The van der Waals surface area contributed by atoms with Crippen molar-refractivity contribution in [3.8, 4) is 0 Å². The molecule has 4 rings (SSSR count). The van der Waals surface area contributed by atoms with E-state index in [4.69, 9.17) is 0 Å². The maximum atomic E-state index is 13.0. The molecule has 0 spiro atoms. The Kier molecular flexibility index (Phi) is 4.70. The van der Waals surface area contributed by atoms with Crippen molar-refractivity contribution < 1.29 is 9.59 Å². The number of rotatable bonds is 5. The Morgan fingerprint density at radius 3 is 2.30 bits per heavy atom. The Morgan fingerprint density at radius 2 is 1.67 bits per heavy atom. The van der Waals surface area contributed by atoms with Gasteiger partial charge in [0.15, 0.2) is 0 Å². The van der Waals surface area contributed by atoms with Crippen molar-refractivity contribution in [2.75, 3.05) is 31.1 Å². The molecular formula is C19H22N6O2. The maximum absolute atomic E-state index is 13.0. The highest BCUT2D eigenvalue weighted by Crippen LogP contribution is 2.47. The molecule has 8 heteroatoms. The van der Waals surface area contributed by atoms with Gasteiger partial charge in [-0.3, -0.25) is 14.6 Å². The van der Waals surface area contributed by atoms with Crippen molar-refractivity contribution in [3.05, 3.63) is 48.5 Å². The number of piperazine rings is 1. The number of nitrogens with zero attached hydrogens (tertiary/aromatic N) is 5. The standard InChI is InChI=1S/C19H22N6O2/c26-16(23-14-15-4-1-2-7-20-15)19(5-6-19)17(27)24-10-12-25(13-11-24)18-21-8-3-9-22-18/h1-4,7-9H,5-6,10-14H2,(H,23,26). The fourth-order valence-corrected chi connectivity index (χ4v) is 3.37. The van der Waals surface area contributed by atoms with Gasteiger partial charge in [0.05, 0.1) is 12.2 Å². The molecule has 0 unspecified atom stereocenters. The van der Waals surface area contributed by atoms with Crippen molar-refractivity contribution in [1.82, 2.24) is 25.2 Å². The van der Waals surface area contributed by atoms with Gasteiger partial charge in [0.2, 0.25) is 17.8 Å². The zero-order valence-corrected chi connectivity index (χ0v) is 15.0. The molecule has 0 radical (unpaired) electrons. The van der Waals surface area contributed by atoms with Gasteiger partial charge >= 0.3 is 0 Å². The molecule has 0 aromatic carbocycles. The fraction of sp³-hybridized carbons (Fsp3) is 0.421. The van der Waals surface area contributed by atoms with Crippen molar-refractivity contribution >= 4 is 17.8 Å². The molecule has 1 N–H and O–H groups in total. The van der Waals surface area contributed by atoms with E-state index in [1.165, 1.54) is 0 Å². The van der Waals surface area contributed by atoms with E-state index in [2.05, 4.69) is 25.2 Å². The van der Waals surface area contributed by atoms with Crippen LogP contribution >= 0.6 is 0 Å². The number of hydrogen-bond donors (Lipinski definition) is 1. The molecule has 3 heterocycles. The number of pyridine rings is 1. The summed E-state index contributed by atoms with van der Waals surface area (Å²) in [6, 6.07) is 7.34. The zero-order valence-electron chi connectivity index (χ0n) is 15.0. The monoisotopic (exact) mass is 366 g/mol. The third-order valence-corrected chi connectivity index (χ3v) is 5.15. The molecule has 1 saturated carbocycles. The molecule has 1 aliphatic heterocycles. The summed E-state index contributed by atoms with van der Waals surface area (Å²) in [5.74, 6) is 0.431. The first-order valence-electron chi connectivity index (χ1n) is 9.19. The van der Waals surface area contributed by atoms with Gasteiger partial charge in [-0.15, -0.1) is 0 Å². The maximum Gasteiger partial charge on any atom is 0.238 e. The average molecular weight is 366 g/mol. The Labute approximate surface area is 157 Å². The van der Waals surface area contributed by atoms with Crippen molar-refractivity contribution in [2.45, 2.75) is 19.4 Å². The van der Waals surface area contributed by atoms with Crippen LogP contribution in [0.2, 0.25) is 0 Å². The molecule has 8 nitrogen and oxygen atoms in total. The highest BCUT2D eigenvalue weighted by Gasteiger charge is 2.58. The van der Waals surface area contributed by atoms with Gasteiger partial charge in [-0.25, -0.2) is 9.97 Å². The topological polar surface area (TPSA) is 91.3 Å². The molecular weight excluding hydrogens is 344 g/mol. The normalized spacial score (nSPS) is 18.1. The SMILES string of the molecule is O=C(NCc1ccccn1)C1(C(=O)N2CCN(c3ncccn3)CC2)CC1. The Hall–Kier alpha value is -3.03. The van der Waals surface area contributed by atoms with E-state index in [-0.39, 0.29) is 11.8 Å². The number of anilines is 1. The van der Waals surface area contributed by atoms with Gasteiger partial charge in [0, 0.05) is 44.8 Å². The number of carbonyl (C=O) groups is 2. The number of amides is 2. The van der Waals surface area contributed by atoms with Gasteiger partial charge in [-0.1, -0.05) is 6.07 Å². The minimum Gasteiger partial charge on any atom is -0.350 e. The summed E-state index contributed by atoms with van der Waals surface area (Å²) < 4.78 is 0. The van der Waals surface area contributed by atoms with E-state index in [1.807, 2.05) is 18.2 Å². The summed E-state index contributed by atoms with van der Waals surface area (Å²) in [7, 11) is 0. The van der Waals surface area contributed by atoms with E-state index < -0.39 is 5.41 Å².